The van der Waals surface area contributed by atoms with Crippen LogP contribution in [0.2, 0.25) is 17.1 Å². The van der Waals surface area contributed by atoms with Crippen LogP contribution in [0.15, 0.2) is 50.9 Å². The molecule has 2 atom stereocenters. The molecular weight excluding hydrogens is 411 g/mol. The Morgan fingerprint density at radius 2 is 1.38 bits per heavy atom. The van der Waals surface area contributed by atoms with Gasteiger partial charge in [-0.15, -0.1) is 0 Å². The minimum Gasteiger partial charge on any atom is -1.00 e. The zero-order chi connectivity index (χ0) is 16.0. The van der Waals surface area contributed by atoms with Crippen molar-refractivity contribution in [1.29, 1.82) is 0 Å². The summed E-state index contributed by atoms with van der Waals surface area (Å²) in [6, 6.07) is 11.3. The second kappa shape index (κ2) is 9.44. The third-order valence-corrected chi connectivity index (χ3v) is 14.6. The van der Waals surface area contributed by atoms with E-state index in [0.29, 0.717) is 5.54 Å². The van der Waals surface area contributed by atoms with E-state index in [1.807, 2.05) is 0 Å². The van der Waals surface area contributed by atoms with E-state index in [2.05, 4.69) is 98.9 Å². The van der Waals surface area contributed by atoms with Crippen molar-refractivity contribution in [2.45, 2.75) is 58.7 Å². The van der Waals surface area contributed by atoms with Crippen molar-refractivity contribution in [3.8, 4) is 0 Å². The van der Waals surface area contributed by atoms with Gasteiger partial charge in [-0.3, -0.25) is 0 Å². The Morgan fingerprint density at radius 3 is 1.71 bits per heavy atom. The van der Waals surface area contributed by atoms with Crippen molar-refractivity contribution in [2.24, 2.45) is 0 Å². The number of hydrogen-bond acceptors (Lipinski definition) is 0. The molecule has 1 aliphatic carbocycles. The monoisotopic (exact) mass is 436 g/mol. The first-order valence-electron chi connectivity index (χ1n) is 7.85. The molecule has 0 aliphatic heterocycles. The summed E-state index contributed by atoms with van der Waals surface area (Å²) < 4.78 is 1.60. The minimum absolute atomic E-state index is 0. The van der Waals surface area contributed by atoms with E-state index in [1.54, 1.807) is 14.6 Å². The molecule has 0 N–H and O–H groups in total. The number of rotatable bonds is 3. The summed E-state index contributed by atoms with van der Waals surface area (Å²) in [7, 11) is -1.72. The van der Waals surface area contributed by atoms with Crippen molar-refractivity contribution in [3.63, 3.8) is 0 Å². The summed E-state index contributed by atoms with van der Waals surface area (Å²) in [4.78, 5) is 0. The average molecular weight is 438 g/mol. The fourth-order valence-electron chi connectivity index (χ4n) is 4.04. The smallest absolute Gasteiger partial charge is 1.00 e. The SMILES string of the molecule is CC1=C(C)C(C)([Si](C)(c2ccccc2)C(C)C)[C]([Ti+3])=C1C.[Cl-].[Cl-].[Cl-]. The summed E-state index contributed by atoms with van der Waals surface area (Å²) in [5.41, 5.74) is 5.34. The maximum absolute atomic E-state index is 2.59. The largest absolute Gasteiger partial charge is 1.00 e. The molecule has 1 aromatic carbocycles. The van der Waals surface area contributed by atoms with E-state index in [0.717, 1.165) is 0 Å². The third-order valence-electron chi connectivity index (χ3n) is 6.32. The molecule has 0 radical (unpaired) electrons. The number of halogens is 3. The van der Waals surface area contributed by atoms with Gasteiger partial charge in [0.05, 0.1) is 0 Å². The van der Waals surface area contributed by atoms with Crippen LogP contribution < -0.4 is 42.4 Å². The molecule has 0 spiro atoms. The summed E-state index contributed by atoms with van der Waals surface area (Å²) in [5.74, 6) is 0. The molecule has 5 heteroatoms. The van der Waals surface area contributed by atoms with Crippen LogP contribution in [-0.4, -0.2) is 8.07 Å². The van der Waals surface area contributed by atoms with Gasteiger partial charge in [-0.2, -0.15) is 0 Å². The van der Waals surface area contributed by atoms with Crippen LogP contribution in [0.1, 0.15) is 41.5 Å². The van der Waals surface area contributed by atoms with Crippen molar-refractivity contribution >= 4 is 13.3 Å². The van der Waals surface area contributed by atoms with Gasteiger partial charge in [0.1, 0.15) is 0 Å². The first-order chi connectivity index (χ1) is 9.69. The van der Waals surface area contributed by atoms with Crippen LogP contribution in [0, 0.1) is 0 Å². The van der Waals surface area contributed by atoms with Crippen molar-refractivity contribution in [1.82, 2.24) is 0 Å². The molecule has 2 rings (SSSR count). The molecule has 0 amide bonds. The molecule has 0 aromatic heterocycles. The van der Waals surface area contributed by atoms with Crippen LogP contribution in [0.25, 0.3) is 0 Å². The van der Waals surface area contributed by atoms with E-state index in [4.69, 9.17) is 0 Å². The van der Waals surface area contributed by atoms with Crippen LogP contribution >= 0.6 is 0 Å². The van der Waals surface area contributed by atoms with E-state index in [1.165, 1.54) is 11.1 Å². The average Bonchev–Trinajstić information content (AvgIpc) is 2.63. The molecule has 0 fully saturated rings. The summed E-state index contributed by atoms with van der Waals surface area (Å²) >= 11 is 2.37. The van der Waals surface area contributed by atoms with Gasteiger partial charge < -0.3 is 37.2 Å². The molecule has 0 saturated carbocycles. The van der Waals surface area contributed by atoms with Gasteiger partial charge in [0.25, 0.3) is 0 Å². The minimum atomic E-state index is -1.72. The molecule has 24 heavy (non-hydrogen) atoms. The Kier molecular flexibility index (Phi) is 10.5. The second-order valence-corrected chi connectivity index (χ2v) is 13.0. The van der Waals surface area contributed by atoms with Gasteiger partial charge in [-0.1, -0.05) is 0 Å². The number of benzene rings is 1. The van der Waals surface area contributed by atoms with E-state index in [-0.39, 0.29) is 42.3 Å². The Bertz CT molecular complexity index is 599. The van der Waals surface area contributed by atoms with Gasteiger partial charge in [-0.25, -0.2) is 0 Å². The summed E-state index contributed by atoms with van der Waals surface area (Å²) in [6.45, 7) is 16.9. The van der Waals surface area contributed by atoms with Crippen molar-refractivity contribution in [3.05, 3.63) is 50.9 Å². The Hall–Kier alpha value is 0.501. The van der Waals surface area contributed by atoms with E-state index in [9.17, 15) is 0 Å². The van der Waals surface area contributed by atoms with E-state index < -0.39 is 8.07 Å². The maximum Gasteiger partial charge on any atom is -1.00 e. The second-order valence-electron chi connectivity index (χ2n) is 7.10. The Morgan fingerprint density at radius 1 is 0.917 bits per heavy atom. The normalized spacial score (nSPS) is 22.6. The maximum atomic E-state index is 2.59. The van der Waals surface area contributed by atoms with Gasteiger partial charge in [0, 0.05) is 0 Å². The molecule has 0 saturated heterocycles. The fraction of sp³-hybridized carbons (Fsp3) is 0.474. The first-order valence-corrected chi connectivity index (χ1v) is 11.2. The summed E-state index contributed by atoms with van der Waals surface area (Å²) in [5, 5.41) is 1.82. The molecule has 0 nitrogen and oxygen atoms in total. The van der Waals surface area contributed by atoms with Crippen molar-refractivity contribution in [2.75, 3.05) is 0 Å². The Balaban J connectivity index is 0. The predicted molar refractivity (Wildman–Crippen MR) is 92.2 cm³/mol. The first kappa shape index (κ1) is 26.7. The zero-order valence-corrected chi connectivity index (χ0v) is 20.4. The number of hydrogen-bond donors (Lipinski definition) is 0. The fourth-order valence-corrected chi connectivity index (χ4v) is 10.8. The molecular formula is C19H27Cl3SiTi. The van der Waals surface area contributed by atoms with Gasteiger partial charge >= 0.3 is 143 Å². The molecule has 1 aliphatic rings. The van der Waals surface area contributed by atoms with Gasteiger partial charge in [0.15, 0.2) is 0 Å². The van der Waals surface area contributed by atoms with Crippen molar-refractivity contribution < 1.29 is 57.7 Å². The number of allylic oxidation sites excluding steroid dienone is 4. The Labute approximate surface area is 179 Å². The molecule has 0 heterocycles. The van der Waals surface area contributed by atoms with Gasteiger partial charge in [0.2, 0.25) is 0 Å². The van der Waals surface area contributed by atoms with Crippen LogP contribution in [-0.2, 0) is 20.4 Å². The van der Waals surface area contributed by atoms with E-state index >= 15 is 0 Å². The van der Waals surface area contributed by atoms with Crippen LogP contribution in [0.5, 0.6) is 0 Å². The standard InChI is InChI=1S/C19H27Si.3ClH.Ti/c1-14(2)20(7,18-11-9-8-10-12-18)19(6)13-15(3)16(4)17(19)5;;;;/h8-12,14H,1-7H3;3*1H;/q;;;;+3/p-3. The topological polar surface area (TPSA) is 0 Å². The molecule has 1 aromatic rings. The van der Waals surface area contributed by atoms with Crippen LogP contribution in [0.4, 0.5) is 0 Å². The molecule has 0 bridgehead atoms. The quantitative estimate of drug-likeness (QED) is 0.428. The summed E-state index contributed by atoms with van der Waals surface area (Å²) in [6.07, 6.45) is 0. The molecule has 2 unspecified atom stereocenters. The van der Waals surface area contributed by atoms with Crippen LogP contribution in [0.3, 0.4) is 0 Å². The molecule has 132 valence electrons. The predicted octanol–water partition coefficient (Wildman–Crippen LogP) is -3.67. The zero-order valence-electron chi connectivity index (χ0n) is 15.6. The van der Waals surface area contributed by atoms with Gasteiger partial charge in [-0.05, 0) is 0 Å². The third kappa shape index (κ3) is 3.63.